The predicted molar refractivity (Wildman–Crippen MR) is 159 cm³/mol. The van der Waals surface area contributed by atoms with Gasteiger partial charge in [0.1, 0.15) is 22.1 Å². The van der Waals surface area contributed by atoms with E-state index in [9.17, 15) is 45.1 Å². The number of ketones is 2. The van der Waals surface area contributed by atoms with E-state index in [1.54, 1.807) is 0 Å². The third-order valence-corrected chi connectivity index (χ3v) is 9.37. The molecule has 1 saturated heterocycles. The number of Topliss-reactive ketones (excluding diaryl/α,β-unsaturated/α-hetero) is 2. The highest BCUT2D eigenvalue weighted by molar-refractivity contribution is 6.53. The lowest BCUT2D eigenvalue weighted by atomic mass is 9.96. The Kier molecular flexibility index (Phi) is 9.92. The van der Waals surface area contributed by atoms with Gasteiger partial charge in [0.15, 0.2) is 11.6 Å². The highest BCUT2D eigenvalue weighted by Crippen LogP contribution is 2.65. The molecule has 1 heterocycles. The summed E-state index contributed by atoms with van der Waals surface area (Å²) in [4.78, 5) is 38.8. The zero-order valence-electron chi connectivity index (χ0n) is 24.2. The normalized spacial score (nSPS) is 20.4. The summed E-state index contributed by atoms with van der Waals surface area (Å²) in [5.41, 5.74) is -4.84. The topological polar surface area (TPSA) is 72.5 Å². The van der Waals surface area contributed by atoms with Gasteiger partial charge < -0.3 is 10.1 Å². The standard InChI is InChI=1S/C32H22Cl3F8NO4/c33-21-5-4-18(12-19(21)23(45)10-14-3-6-22(36)20(28(14)37)13-24(46)25-2-1-7-48-25)44-29(47)27-26(30(27,34)35)15-8-16(31(38,39)40)11-17(9-15)32(41,42)43/h3-6,8-9,11-12,25-27H,1-2,7,10,13H2,(H,44,47). The molecule has 1 N–H and O–H groups in total. The van der Waals surface area contributed by atoms with Gasteiger partial charge in [-0.05, 0) is 66.4 Å². The lowest BCUT2D eigenvalue weighted by Gasteiger charge is -2.14. The Morgan fingerprint density at radius 1 is 0.896 bits per heavy atom. The third-order valence-electron chi connectivity index (χ3n) is 8.10. The van der Waals surface area contributed by atoms with E-state index in [4.69, 9.17) is 39.5 Å². The van der Waals surface area contributed by atoms with Gasteiger partial charge in [0.25, 0.3) is 0 Å². The van der Waals surface area contributed by atoms with Crippen LogP contribution in [-0.2, 0) is 39.5 Å². The fraction of sp³-hybridized carbons (Fsp3) is 0.344. The van der Waals surface area contributed by atoms with Crippen molar-refractivity contribution in [1.29, 1.82) is 0 Å². The minimum atomic E-state index is -5.14. The summed E-state index contributed by atoms with van der Waals surface area (Å²) >= 11 is 18.6. The van der Waals surface area contributed by atoms with Gasteiger partial charge >= 0.3 is 12.4 Å². The number of nitrogens with one attached hydrogen (secondary N) is 1. The Hall–Kier alpha value is -3.26. The number of carbonyl (C=O) groups excluding carboxylic acids is 3. The van der Waals surface area contributed by atoms with Crippen LogP contribution in [0.4, 0.5) is 40.8 Å². The van der Waals surface area contributed by atoms with Crippen LogP contribution in [0.2, 0.25) is 5.02 Å². The smallest absolute Gasteiger partial charge is 0.370 e. The van der Waals surface area contributed by atoms with E-state index in [0.29, 0.717) is 31.6 Å². The average molecular weight is 743 g/mol. The largest absolute Gasteiger partial charge is 0.416 e. The average Bonchev–Trinajstić information content (AvgIpc) is 3.29. The predicted octanol–water partition coefficient (Wildman–Crippen LogP) is 8.90. The number of ether oxygens (including phenoxy) is 1. The van der Waals surface area contributed by atoms with Crippen LogP contribution in [0.5, 0.6) is 0 Å². The van der Waals surface area contributed by atoms with Crippen molar-refractivity contribution in [1.82, 2.24) is 0 Å². The number of hydrogen-bond acceptors (Lipinski definition) is 4. The molecule has 256 valence electrons. The molecule has 0 spiro atoms. The van der Waals surface area contributed by atoms with E-state index in [0.717, 1.165) is 18.2 Å². The van der Waals surface area contributed by atoms with Crippen LogP contribution < -0.4 is 5.32 Å². The van der Waals surface area contributed by atoms with E-state index < -0.39 is 98.8 Å². The Morgan fingerprint density at radius 2 is 1.54 bits per heavy atom. The third kappa shape index (κ3) is 7.49. The maximum atomic E-state index is 15.3. The number of amides is 1. The minimum absolute atomic E-state index is 0.0685. The lowest BCUT2D eigenvalue weighted by molar-refractivity contribution is -0.143. The Morgan fingerprint density at radius 3 is 2.12 bits per heavy atom. The summed E-state index contributed by atoms with van der Waals surface area (Å²) in [6.07, 6.45) is -11.2. The Labute approximate surface area is 282 Å². The van der Waals surface area contributed by atoms with Crippen LogP contribution in [0.3, 0.4) is 0 Å². The minimum Gasteiger partial charge on any atom is -0.370 e. The first-order valence-corrected chi connectivity index (χ1v) is 15.3. The first-order chi connectivity index (χ1) is 22.3. The Balaban J connectivity index is 1.34. The molecule has 3 aromatic carbocycles. The van der Waals surface area contributed by atoms with Crippen LogP contribution in [0.15, 0.2) is 48.5 Å². The van der Waals surface area contributed by atoms with Gasteiger partial charge in [-0.25, -0.2) is 8.78 Å². The molecule has 2 fully saturated rings. The molecule has 16 heteroatoms. The fourth-order valence-electron chi connectivity index (χ4n) is 5.60. The number of benzene rings is 3. The number of alkyl halides is 8. The first-order valence-electron chi connectivity index (χ1n) is 14.2. The van der Waals surface area contributed by atoms with E-state index in [1.165, 1.54) is 12.1 Å². The molecule has 3 atom stereocenters. The highest BCUT2D eigenvalue weighted by atomic mass is 35.5. The van der Waals surface area contributed by atoms with Crippen molar-refractivity contribution in [2.24, 2.45) is 5.92 Å². The molecular weight excluding hydrogens is 721 g/mol. The Bertz CT molecular complexity index is 1760. The molecule has 3 aromatic rings. The number of hydrogen-bond donors (Lipinski definition) is 1. The summed E-state index contributed by atoms with van der Waals surface area (Å²) < 4.78 is 113. The van der Waals surface area contributed by atoms with Crippen LogP contribution in [0, 0.1) is 17.6 Å². The van der Waals surface area contributed by atoms with Gasteiger partial charge in [-0.2, -0.15) is 26.3 Å². The van der Waals surface area contributed by atoms with Crippen LogP contribution in [-0.4, -0.2) is 34.5 Å². The molecule has 0 radical (unpaired) electrons. The van der Waals surface area contributed by atoms with Crippen molar-refractivity contribution in [2.75, 3.05) is 11.9 Å². The van der Waals surface area contributed by atoms with Crippen molar-refractivity contribution >= 4 is 58.0 Å². The molecule has 5 rings (SSSR count). The molecule has 0 bridgehead atoms. The molecule has 3 unspecified atom stereocenters. The van der Waals surface area contributed by atoms with Crippen molar-refractivity contribution in [3.8, 4) is 0 Å². The van der Waals surface area contributed by atoms with Gasteiger partial charge in [0.05, 0.1) is 22.1 Å². The summed E-state index contributed by atoms with van der Waals surface area (Å²) in [5, 5.41) is 2.26. The lowest BCUT2D eigenvalue weighted by Crippen LogP contribution is -2.23. The maximum absolute atomic E-state index is 15.3. The molecule has 1 amide bonds. The SMILES string of the molecule is O=C(Cc1ccc(F)c(CC(=O)C2CCCO2)c1F)c1cc(NC(=O)C2C(c3cc(C(F)(F)F)cc(C(F)(F)F)c3)C2(Cl)Cl)ccc1Cl. The highest BCUT2D eigenvalue weighted by Gasteiger charge is 2.68. The zero-order valence-corrected chi connectivity index (χ0v) is 26.4. The molecule has 1 aliphatic carbocycles. The van der Waals surface area contributed by atoms with E-state index in [1.807, 2.05) is 0 Å². The quantitative estimate of drug-likeness (QED) is 0.135. The van der Waals surface area contributed by atoms with E-state index in [2.05, 4.69) is 5.32 Å². The first kappa shape index (κ1) is 36.0. The van der Waals surface area contributed by atoms with Crippen molar-refractivity contribution in [3.05, 3.63) is 98.6 Å². The molecule has 2 aliphatic rings. The van der Waals surface area contributed by atoms with Crippen LogP contribution in [0.1, 0.15) is 56.9 Å². The second-order valence-corrected chi connectivity index (χ2v) is 13.2. The number of carbonyl (C=O) groups is 3. The number of halogens is 11. The van der Waals surface area contributed by atoms with Gasteiger partial charge in [-0.1, -0.05) is 17.7 Å². The molecule has 1 saturated carbocycles. The van der Waals surface area contributed by atoms with Gasteiger partial charge in [0, 0.05) is 42.2 Å². The maximum Gasteiger partial charge on any atom is 0.416 e. The van der Waals surface area contributed by atoms with Crippen molar-refractivity contribution < 1.29 is 54.2 Å². The number of anilines is 1. The fourth-order valence-corrected chi connectivity index (χ4v) is 6.65. The molecule has 0 aromatic heterocycles. The monoisotopic (exact) mass is 741 g/mol. The van der Waals surface area contributed by atoms with Gasteiger partial charge in [0.2, 0.25) is 5.91 Å². The van der Waals surface area contributed by atoms with Crippen molar-refractivity contribution in [3.63, 3.8) is 0 Å². The summed E-state index contributed by atoms with van der Waals surface area (Å²) in [5.74, 6) is -7.30. The zero-order chi connectivity index (χ0) is 35.3. The van der Waals surface area contributed by atoms with Crippen LogP contribution in [0.25, 0.3) is 0 Å². The molecule has 48 heavy (non-hydrogen) atoms. The molecule has 5 nitrogen and oxygen atoms in total. The summed E-state index contributed by atoms with van der Waals surface area (Å²) in [6.45, 7) is 0.356. The molecule has 1 aliphatic heterocycles. The second-order valence-electron chi connectivity index (χ2n) is 11.4. The van der Waals surface area contributed by atoms with Gasteiger partial charge in [-0.3, -0.25) is 14.4 Å². The molecular formula is C32H22Cl3F8NO4. The number of rotatable bonds is 9. The van der Waals surface area contributed by atoms with E-state index >= 15 is 4.39 Å². The van der Waals surface area contributed by atoms with Crippen molar-refractivity contribution in [2.45, 2.75) is 54.4 Å². The van der Waals surface area contributed by atoms with E-state index in [-0.39, 0.29) is 27.9 Å². The summed E-state index contributed by atoms with van der Waals surface area (Å²) in [7, 11) is 0. The summed E-state index contributed by atoms with van der Waals surface area (Å²) in [6, 6.07) is 6.32. The second kappa shape index (κ2) is 13.2. The van der Waals surface area contributed by atoms with Crippen LogP contribution >= 0.6 is 34.8 Å². The van der Waals surface area contributed by atoms with Gasteiger partial charge in [-0.15, -0.1) is 23.2 Å².